The molecule has 0 aliphatic carbocycles. The molecule has 2 heterocycles. The highest BCUT2D eigenvalue weighted by Crippen LogP contribution is 2.22. The molecule has 0 unspecified atom stereocenters. The van der Waals surface area contributed by atoms with E-state index in [0.29, 0.717) is 13.1 Å². The lowest BCUT2D eigenvalue weighted by atomic mass is 10.1. The Labute approximate surface area is 129 Å². The molecule has 3 rings (SSSR count). The second-order valence-electron chi connectivity index (χ2n) is 5.32. The SMILES string of the molecule is CCc1nnc2n1CCN(C(=O)[C@@H](OC)c1ccccc1)C2. The zero-order chi connectivity index (χ0) is 15.5. The molecule has 6 nitrogen and oxygen atoms in total. The van der Waals surface area contributed by atoms with Gasteiger partial charge in [-0.05, 0) is 5.56 Å². The largest absolute Gasteiger partial charge is 0.367 e. The van der Waals surface area contributed by atoms with Crippen molar-refractivity contribution in [2.45, 2.75) is 32.5 Å². The molecule has 0 fully saturated rings. The summed E-state index contributed by atoms with van der Waals surface area (Å²) < 4.78 is 7.54. The van der Waals surface area contributed by atoms with Crippen molar-refractivity contribution in [3.05, 3.63) is 47.5 Å². The minimum atomic E-state index is -0.568. The van der Waals surface area contributed by atoms with Gasteiger partial charge in [-0.15, -0.1) is 10.2 Å². The first-order chi connectivity index (χ1) is 10.7. The third-order valence-corrected chi connectivity index (χ3v) is 4.02. The quantitative estimate of drug-likeness (QED) is 0.860. The lowest BCUT2D eigenvalue weighted by Gasteiger charge is -2.30. The second kappa shape index (κ2) is 6.27. The van der Waals surface area contributed by atoms with Gasteiger partial charge in [0.05, 0.1) is 6.54 Å². The summed E-state index contributed by atoms with van der Waals surface area (Å²) >= 11 is 0. The van der Waals surface area contributed by atoms with Crippen molar-refractivity contribution in [2.75, 3.05) is 13.7 Å². The summed E-state index contributed by atoms with van der Waals surface area (Å²) in [5.74, 6) is 1.80. The number of benzene rings is 1. The topological polar surface area (TPSA) is 60.2 Å². The van der Waals surface area contributed by atoms with E-state index in [1.54, 1.807) is 12.0 Å². The van der Waals surface area contributed by atoms with Crippen LogP contribution in [0.1, 0.15) is 30.2 Å². The van der Waals surface area contributed by atoms with Crippen LogP contribution in [0.3, 0.4) is 0 Å². The highest BCUT2D eigenvalue weighted by molar-refractivity contribution is 5.82. The van der Waals surface area contributed by atoms with Crippen molar-refractivity contribution in [1.29, 1.82) is 0 Å². The molecule has 1 aliphatic rings. The first-order valence-corrected chi connectivity index (χ1v) is 7.52. The van der Waals surface area contributed by atoms with E-state index in [2.05, 4.69) is 21.7 Å². The van der Waals surface area contributed by atoms with Gasteiger partial charge < -0.3 is 14.2 Å². The van der Waals surface area contributed by atoms with E-state index in [1.807, 2.05) is 30.3 Å². The number of aromatic nitrogens is 3. The first-order valence-electron chi connectivity index (χ1n) is 7.52. The number of nitrogens with zero attached hydrogens (tertiary/aromatic N) is 4. The Balaban J connectivity index is 1.78. The van der Waals surface area contributed by atoms with Crippen molar-refractivity contribution in [1.82, 2.24) is 19.7 Å². The third kappa shape index (κ3) is 2.62. The number of fused-ring (bicyclic) bond motifs is 1. The molecule has 6 heteroatoms. The van der Waals surface area contributed by atoms with Gasteiger partial charge in [-0.25, -0.2) is 0 Å². The number of carbonyl (C=O) groups is 1. The maximum atomic E-state index is 12.8. The minimum Gasteiger partial charge on any atom is -0.367 e. The Hall–Kier alpha value is -2.21. The molecule has 0 saturated carbocycles. The van der Waals surface area contributed by atoms with Gasteiger partial charge in [0.1, 0.15) is 5.82 Å². The summed E-state index contributed by atoms with van der Waals surface area (Å²) in [6, 6.07) is 9.57. The maximum absolute atomic E-state index is 12.8. The average molecular weight is 300 g/mol. The predicted octanol–water partition coefficient (Wildman–Crippen LogP) is 1.57. The number of aryl methyl sites for hydroxylation is 1. The van der Waals surface area contributed by atoms with Crippen LogP contribution in [0.5, 0.6) is 0 Å². The lowest BCUT2D eigenvalue weighted by Crippen LogP contribution is -2.41. The number of amides is 1. The number of methoxy groups -OCH3 is 1. The van der Waals surface area contributed by atoms with Crippen molar-refractivity contribution >= 4 is 5.91 Å². The molecule has 1 aliphatic heterocycles. The van der Waals surface area contributed by atoms with Crippen LogP contribution in [0.2, 0.25) is 0 Å². The molecule has 1 aromatic carbocycles. The molecule has 1 aromatic heterocycles. The van der Waals surface area contributed by atoms with Gasteiger partial charge in [0.25, 0.3) is 5.91 Å². The van der Waals surface area contributed by atoms with Gasteiger partial charge in [0, 0.05) is 26.6 Å². The number of carbonyl (C=O) groups excluding carboxylic acids is 1. The second-order valence-corrected chi connectivity index (χ2v) is 5.32. The van der Waals surface area contributed by atoms with Gasteiger partial charge in [0.15, 0.2) is 11.9 Å². The molecule has 0 bridgehead atoms. The Bertz CT molecular complexity index is 653. The Morgan fingerprint density at radius 2 is 2.05 bits per heavy atom. The molecule has 116 valence electrons. The third-order valence-electron chi connectivity index (χ3n) is 4.02. The summed E-state index contributed by atoms with van der Waals surface area (Å²) in [6.45, 7) is 3.94. The van der Waals surface area contributed by atoms with E-state index < -0.39 is 6.10 Å². The van der Waals surface area contributed by atoms with Gasteiger partial charge in [-0.3, -0.25) is 4.79 Å². The van der Waals surface area contributed by atoms with Gasteiger partial charge in [0.2, 0.25) is 0 Å². The average Bonchev–Trinajstić information content (AvgIpc) is 2.98. The van der Waals surface area contributed by atoms with Crippen LogP contribution in [0, 0.1) is 0 Å². The highest BCUT2D eigenvalue weighted by atomic mass is 16.5. The molecular formula is C16H20N4O2. The molecule has 0 radical (unpaired) electrons. The zero-order valence-electron chi connectivity index (χ0n) is 12.9. The van der Waals surface area contributed by atoms with Crippen molar-refractivity contribution in [3.8, 4) is 0 Å². The summed E-state index contributed by atoms with van der Waals surface area (Å²) in [5.41, 5.74) is 0.872. The summed E-state index contributed by atoms with van der Waals surface area (Å²) in [7, 11) is 1.57. The summed E-state index contributed by atoms with van der Waals surface area (Å²) in [5, 5.41) is 8.37. The highest BCUT2D eigenvalue weighted by Gasteiger charge is 2.29. The molecule has 1 atom stereocenters. The van der Waals surface area contributed by atoms with E-state index in [9.17, 15) is 4.79 Å². The fourth-order valence-corrected chi connectivity index (χ4v) is 2.84. The molecule has 0 saturated heterocycles. The molecular weight excluding hydrogens is 280 g/mol. The Kier molecular flexibility index (Phi) is 4.20. The number of rotatable bonds is 4. The fraction of sp³-hybridized carbons (Fsp3) is 0.438. The fourth-order valence-electron chi connectivity index (χ4n) is 2.84. The standard InChI is InChI=1S/C16H20N4O2/c1-3-13-17-18-14-11-19(9-10-20(13)14)16(21)15(22-2)12-7-5-4-6-8-12/h4-8,15H,3,9-11H2,1-2H3/t15-/m0/s1. The molecule has 2 aromatic rings. The molecule has 0 spiro atoms. The van der Waals surface area contributed by atoms with Crippen LogP contribution in [-0.4, -0.2) is 39.2 Å². The van der Waals surface area contributed by atoms with Crippen LogP contribution in [0.15, 0.2) is 30.3 Å². The predicted molar refractivity (Wildman–Crippen MR) is 81.0 cm³/mol. The van der Waals surface area contributed by atoms with Crippen molar-refractivity contribution < 1.29 is 9.53 Å². The van der Waals surface area contributed by atoms with Gasteiger partial charge in [-0.1, -0.05) is 37.3 Å². The first kappa shape index (κ1) is 14.7. The smallest absolute Gasteiger partial charge is 0.256 e. The van der Waals surface area contributed by atoms with Crippen LogP contribution < -0.4 is 0 Å². The van der Waals surface area contributed by atoms with E-state index in [4.69, 9.17) is 4.74 Å². The molecule has 0 N–H and O–H groups in total. The van der Waals surface area contributed by atoms with Gasteiger partial charge >= 0.3 is 0 Å². The van der Waals surface area contributed by atoms with Crippen molar-refractivity contribution in [2.24, 2.45) is 0 Å². The summed E-state index contributed by atoms with van der Waals surface area (Å²) in [4.78, 5) is 14.6. The Morgan fingerprint density at radius 3 is 2.73 bits per heavy atom. The normalized spacial score (nSPS) is 15.5. The van der Waals surface area contributed by atoms with E-state index >= 15 is 0 Å². The minimum absolute atomic E-state index is 0.0269. The number of ether oxygens (including phenoxy) is 1. The Morgan fingerprint density at radius 1 is 1.27 bits per heavy atom. The zero-order valence-corrected chi connectivity index (χ0v) is 12.9. The van der Waals surface area contributed by atoms with Crippen LogP contribution in [0.4, 0.5) is 0 Å². The maximum Gasteiger partial charge on any atom is 0.256 e. The molecule has 1 amide bonds. The van der Waals surface area contributed by atoms with Crippen LogP contribution in [-0.2, 0) is 29.0 Å². The molecule has 22 heavy (non-hydrogen) atoms. The summed E-state index contributed by atoms with van der Waals surface area (Å²) in [6.07, 6.45) is 0.285. The van der Waals surface area contributed by atoms with Crippen molar-refractivity contribution in [3.63, 3.8) is 0 Å². The monoisotopic (exact) mass is 300 g/mol. The van der Waals surface area contributed by atoms with Crippen LogP contribution in [0.25, 0.3) is 0 Å². The lowest BCUT2D eigenvalue weighted by molar-refractivity contribution is -0.144. The van der Waals surface area contributed by atoms with E-state index in [1.165, 1.54) is 0 Å². The number of hydrogen-bond donors (Lipinski definition) is 0. The van der Waals surface area contributed by atoms with Crippen LogP contribution >= 0.6 is 0 Å². The number of hydrogen-bond acceptors (Lipinski definition) is 4. The van der Waals surface area contributed by atoms with Gasteiger partial charge in [-0.2, -0.15) is 0 Å². The van der Waals surface area contributed by atoms with E-state index in [0.717, 1.165) is 30.2 Å². The van der Waals surface area contributed by atoms with E-state index in [-0.39, 0.29) is 5.91 Å².